The Hall–Kier alpha value is -2.24. The topological polar surface area (TPSA) is 88.6 Å². The normalized spacial score (nSPS) is 15.0. The number of sulfonamides is 1. The van der Waals surface area contributed by atoms with Crippen LogP contribution < -0.4 is 5.32 Å². The predicted octanol–water partition coefficient (Wildman–Crippen LogP) is 3.56. The van der Waals surface area contributed by atoms with Crippen LogP contribution in [0.2, 0.25) is 0 Å². The molecule has 1 aliphatic heterocycles. The summed E-state index contributed by atoms with van der Waals surface area (Å²) in [4.78, 5) is 17.1. The van der Waals surface area contributed by atoms with Gasteiger partial charge in [0.2, 0.25) is 15.9 Å². The van der Waals surface area contributed by atoms with Crippen molar-refractivity contribution in [1.82, 2.24) is 9.29 Å². The average Bonchev–Trinajstić information content (AvgIpc) is 3.28. The van der Waals surface area contributed by atoms with Crippen molar-refractivity contribution in [2.75, 3.05) is 37.4 Å². The first-order chi connectivity index (χ1) is 15.0. The van der Waals surface area contributed by atoms with Gasteiger partial charge in [0.1, 0.15) is 0 Å². The van der Waals surface area contributed by atoms with Crippen LogP contribution in [0.15, 0.2) is 69.2 Å². The van der Waals surface area contributed by atoms with E-state index in [1.54, 1.807) is 12.1 Å². The minimum absolute atomic E-state index is 0.160. The van der Waals surface area contributed by atoms with Crippen molar-refractivity contribution in [1.29, 1.82) is 0 Å². The summed E-state index contributed by atoms with van der Waals surface area (Å²) < 4.78 is 33.0. The van der Waals surface area contributed by atoms with Crippen LogP contribution in [0.4, 0.5) is 5.69 Å². The summed E-state index contributed by atoms with van der Waals surface area (Å²) in [5.41, 5.74) is 2.37. The van der Waals surface area contributed by atoms with Crippen LogP contribution in [-0.2, 0) is 19.6 Å². The molecule has 2 aromatic carbocycles. The second-order valence-electron chi connectivity index (χ2n) is 6.75. The van der Waals surface area contributed by atoms with E-state index in [1.807, 2.05) is 35.7 Å². The van der Waals surface area contributed by atoms with Crippen molar-refractivity contribution < 1.29 is 17.9 Å². The predicted molar refractivity (Wildman–Crippen MR) is 123 cm³/mol. The molecule has 1 N–H and O–H groups in total. The van der Waals surface area contributed by atoms with Gasteiger partial charge in [-0.1, -0.05) is 48.2 Å². The summed E-state index contributed by atoms with van der Waals surface area (Å²) in [7, 11) is -3.61. The third-order valence-corrected chi connectivity index (χ3v) is 8.52. The van der Waals surface area contributed by atoms with Gasteiger partial charge in [-0.25, -0.2) is 13.4 Å². The molecule has 1 fully saturated rings. The van der Waals surface area contributed by atoms with Gasteiger partial charge < -0.3 is 10.1 Å². The van der Waals surface area contributed by atoms with Crippen molar-refractivity contribution >= 4 is 44.7 Å². The van der Waals surface area contributed by atoms with E-state index >= 15 is 0 Å². The Morgan fingerprint density at radius 2 is 1.90 bits per heavy atom. The van der Waals surface area contributed by atoms with Gasteiger partial charge in [0, 0.05) is 29.7 Å². The third-order valence-electron chi connectivity index (χ3n) is 4.61. The third kappa shape index (κ3) is 5.52. The fourth-order valence-electron chi connectivity index (χ4n) is 3.06. The second-order valence-corrected chi connectivity index (χ2v) is 10.8. The molecule has 1 aliphatic rings. The van der Waals surface area contributed by atoms with E-state index in [9.17, 15) is 13.2 Å². The monoisotopic (exact) mass is 475 g/mol. The number of ether oxygens (including phenoxy) is 1. The number of rotatable bonds is 7. The summed E-state index contributed by atoms with van der Waals surface area (Å²) in [5.74, 6) is -0.0373. The first-order valence-electron chi connectivity index (χ1n) is 9.64. The lowest BCUT2D eigenvalue weighted by Crippen LogP contribution is -2.40. The number of nitrogens with zero attached hydrogens (tertiary/aromatic N) is 2. The van der Waals surface area contributed by atoms with Gasteiger partial charge in [0.15, 0.2) is 4.34 Å². The molecule has 0 unspecified atom stereocenters. The Balaban J connectivity index is 1.36. The number of thioether (sulfide) groups is 1. The number of morpholine rings is 1. The summed E-state index contributed by atoms with van der Waals surface area (Å²) >= 11 is 2.84. The molecule has 31 heavy (non-hydrogen) atoms. The van der Waals surface area contributed by atoms with Crippen LogP contribution in [0, 0.1) is 0 Å². The Morgan fingerprint density at radius 3 is 2.68 bits per heavy atom. The zero-order valence-electron chi connectivity index (χ0n) is 16.6. The molecular weight excluding hydrogens is 454 g/mol. The fourth-order valence-corrected chi connectivity index (χ4v) is 6.15. The SMILES string of the molecule is O=C(CSc1nc(-c2ccccc2)cs1)Nc1cccc(S(=O)(=O)N2CCOCC2)c1. The molecule has 1 aromatic heterocycles. The molecule has 0 spiro atoms. The number of nitrogens with one attached hydrogen (secondary N) is 1. The van der Waals surface area contributed by atoms with Gasteiger partial charge in [0.05, 0.1) is 29.6 Å². The molecule has 10 heteroatoms. The number of anilines is 1. The molecule has 0 radical (unpaired) electrons. The maximum atomic E-state index is 12.8. The van der Waals surface area contributed by atoms with Crippen LogP contribution in [0.5, 0.6) is 0 Å². The van der Waals surface area contributed by atoms with Gasteiger partial charge in [-0.05, 0) is 18.2 Å². The molecule has 0 bridgehead atoms. The largest absolute Gasteiger partial charge is 0.379 e. The fraction of sp³-hybridized carbons (Fsp3) is 0.238. The van der Waals surface area contributed by atoms with Crippen LogP contribution in [0.3, 0.4) is 0 Å². The van der Waals surface area contributed by atoms with E-state index in [0.717, 1.165) is 15.6 Å². The molecule has 0 aliphatic carbocycles. The minimum atomic E-state index is -3.61. The quantitative estimate of drug-likeness (QED) is 0.526. The van der Waals surface area contributed by atoms with Crippen molar-refractivity contribution in [2.45, 2.75) is 9.24 Å². The Kier molecular flexibility index (Phi) is 7.03. The van der Waals surface area contributed by atoms with E-state index in [-0.39, 0.29) is 16.6 Å². The molecule has 4 rings (SSSR count). The number of carbonyl (C=O) groups excluding carboxylic acids is 1. The number of carbonyl (C=O) groups is 1. The second kappa shape index (κ2) is 9.92. The first kappa shape index (κ1) is 22.0. The maximum Gasteiger partial charge on any atom is 0.243 e. The molecule has 162 valence electrons. The molecule has 2 heterocycles. The summed E-state index contributed by atoms with van der Waals surface area (Å²) in [5, 5.41) is 4.74. The van der Waals surface area contributed by atoms with Gasteiger partial charge in [-0.3, -0.25) is 4.79 Å². The summed E-state index contributed by atoms with van der Waals surface area (Å²) in [6, 6.07) is 16.2. The van der Waals surface area contributed by atoms with Gasteiger partial charge in [0.25, 0.3) is 0 Å². The minimum Gasteiger partial charge on any atom is -0.379 e. The number of hydrogen-bond acceptors (Lipinski definition) is 7. The molecule has 0 saturated carbocycles. The zero-order valence-corrected chi connectivity index (χ0v) is 19.0. The Labute approximate surface area is 189 Å². The number of aromatic nitrogens is 1. The molecule has 0 atom stereocenters. The number of benzene rings is 2. The van der Waals surface area contributed by atoms with Gasteiger partial charge in [-0.2, -0.15) is 4.31 Å². The van der Waals surface area contributed by atoms with Crippen LogP contribution >= 0.6 is 23.1 Å². The number of hydrogen-bond donors (Lipinski definition) is 1. The van der Waals surface area contributed by atoms with Crippen molar-refractivity contribution in [3.05, 3.63) is 60.0 Å². The highest BCUT2D eigenvalue weighted by molar-refractivity contribution is 8.01. The summed E-state index contributed by atoms with van der Waals surface area (Å²) in [6.45, 7) is 1.42. The molecule has 1 saturated heterocycles. The van der Waals surface area contributed by atoms with E-state index in [0.29, 0.717) is 32.0 Å². The molecule has 3 aromatic rings. The molecule has 1 amide bonds. The maximum absolute atomic E-state index is 12.8. The zero-order chi connectivity index (χ0) is 21.7. The van der Waals surface area contributed by atoms with E-state index in [1.165, 1.54) is 39.5 Å². The highest BCUT2D eigenvalue weighted by Crippen LogP contribution is 2.28. The van der Waals surface area contributed by atoms with E-state index in [2.05, 4.69) is 10.3 Å². The number of thiazole rings is 1. The van der Waals surface area contributed by atoms with Crippen molar-refractivity contribution in [3.63, 3.8) is 0 Å². The Bertz CT molecular complexity index is 1140. The van der Waals surface area contributed by atoms with Gasteiger partial charge >= 0.3 is 0 Å². The van der Waals surface area contributed by atoms with Crippen molar-refractivity contribution in [3.8, 4) is 11.3 Å². The van der Waals surface area contributed by atoms with E-state index < -0.39 is 10.0 Å². The molecule has 7 nitrogen and oxygen atoms in total. The summed E-state index contributed by atoms with van der Waals surface area (Å²) in [6.07, 6.45) is 0. The first-order valence-corrected chi connectivity index (χ1v) is 12.9. The smallest absolute Gasteiger partial charge is 0.243 e. The molecular formula is C21H21N3O4S3. The van der Waals surface area contributed by atoms with Crippen molar-refractivity contribution in [2.24, 2.45) is 0 Å². The number of amides is 1. The highest BCUT2D eigenvalue weighted by atomic mass is 32.2. The van der Waals surface area contributed by atoms with Crippen LogP contribution in [0.1, 0.15) is 0 Å². The van der Waals surface area contributed by atoms with Crippen LogP contribution in [0.25, 0.3) is 11.3 Å². The standard InChI is InChI=1S/C21H21N3O4S3/c25-20(15-30-21-23-19(14-29-21)16-5-2-1-3-6-16)22-17-7-4-8-18(13-17)31(26,27)24-9-11-28-12-10-24/h1-8,13-14H,9-12,15H2,(H,22,25). The lowest BCUT2D eigenvalue weighted by Gasteiger charge is -2.26. The lowest BCUT2D eigenvalue weighted by molar-refractivity contribution is -0.113. The lowest BCUT2D eigenvalue weighted by atomic mass is 10.2. The Morgan fingerprint density at radius 1 is 1.13 bits per heavy atom. The van der Waals surface area contributed by atoms with Gasteiger partial charge in [-0.15, -0.1) is 11.3 Å². The average molecular weight is 476 g/mol. The highest BCUT2D eigenvalue weighted by Gasteiger charge is 2.26. The van der Waals surface area contributed by atoms with E-state index in [4.69, 9.17) is 4.74 Å². The van der Waals surface area contributed by atoms with Crippen LogP contribution in [-0.4, -0.2) is 55.7 Å².